The van der Waals surface area contributed by atoms with Crippen LogP contribution in [0.5, 0.6) is 0 Å². The van der Waals surface area contributed by atoms with E-state index in [0.717, 1.165) is 26.7 Å². The van der Waals surface area contributed by atoms with Crippen molar-refractivity contribution < 1.29 is 4.79 Å². The second-order valence-electron chi connectivity index (χ2n) is 3.45. The van der Waals surface area contributed by atoms with Crippen molar-refractivity contribution in [3.8, 4) is 0 Å². The van der Waals surface area contributed by atoms with Gasteiger partial charge in [-0.3, -0.25) is 4.79 Å². The smallest absolute Gasteiger partial charge is 0.252 e. The van der Waals surface area contributed by atoms with Crippen molar-refractivity contribution in [1.82, 2.24) is 10.6 Å². The molecule has 0 unspecified atom stereocenters. The molecule has 5 heteroatoms. The number of nitrogens with one attached hydrogen (secondary N) is 2. The van der Waals surface area contributed by atoms with Gasteiger partial charge < -0.3 is 10.6 Å². The first-order valence-electron chi connectivity index (χ1n) is 4.63. The van der Waals surface area contributed by atoms with Crippen molar-refractivity contribution >= 4 is 44.4 Å². The van der Waals surface area contributed by atoms with Gasteiger partial charge >= 0.3 is 0 Å². The molecule has 1 aromatic rings. The molecule has 2 N–H and O–H groups in total. The lowest BCUT2D eigenvalue weighted by Gasteiger charge is -2.28. The maximum Gasteiger partial charge on any atom is 0.252 e. The van der Waals surface area contributed by atoms with Gasteiger partial charge in [-0.2, -0.15) is 0 Å². The molecule has 1 saturated heterocycles. The molecule has 1 amide bonds. The van der Waals surface area contributed by atoms with E-state index in [-0.39, 0.29) is 11.9 Å². The van der Waals surface area contributed by atoms with Gasteiger partial charge in [0, 0.05) is 21.1 Å². The fraction of sp³-hybridized carbons (Fsp3) is 0.300. The first kappa shape index (κ1) is 11.3. The molecule has 0 spiro atoms. The van der Waals surface area contributed by atoms with E-state index in [1.165, 1.54) is 0 Å². The van der Waals surface area contributed by atoms with E-state index in [9.17, 15) is 4.79 Å². The van der Waals surface area contributed by atoms with Gasteiger partial charge in [0.2, 0.25) is 0 Å². The first-order chi connectivity index (χ1) is 7.16. The minimum Gasteiger partial charge on any atom is -0.347 e. The topological polar surface area (TPSA) is 41.1 Å². The lowest BCUT2D eigenvalue weighted by molar-refractivity contribution is 0.0923. The third-order valence-corrected chi connectivity index (χ3v) is 3.72. The van der Waals surface area contributed by atoms with Gasteiger partial charge in [-0.25, -0.2) is 0 Å². The maximum absolute atomic E-state index is 11.9. The summed E-state index contributed by atoms with van der Waals surface area (Å²) in [5.74, 6) is 0.00667. The second kappa shape index (κ2) is 4.80. The fourth-order valence-electron chi connectivity index (χ4n) is 1.33. The molecular weight excluding hydrogens is 371 g/mol. The zero-order valence-corrected chi connectivity index (χ0v) is 11.6. The van der Waals surface area contributed by atoms with Crippen LogP contribution in [0.4, 0.5) is 0 Å². The monoisotopic (exact) mass is 380 g/mol. The number of halogens is 2. The lowest BCUT2D eigenvalue weighted by Crippen LogP contribution is -2.57. The molecule has 1 heterocycles. The molecular formula is C10H10BrIN2O. The summed E-state index contributed by atoms with van der Waals surface area (Å²) in [5.41, 5.74) is 0.733. The zero-order chi connectivity index (χ0) is 10.8. The summed E-state index contributed by atoms with van der Waals surface area (Å²) in [6, 6.07) is 6.00. The van der Waals surface area contributed by atoms with Crippen LogP contribution in [0.1, 0.15) is 10.4 Å². The number of carbonyl (C=O) groups excluding carboxylic acids is 1. The van der Waals surface area contributed by atoms with Crippen LogP contribution in [0.2, 0.25) is 0 Å². The summed E-state index contributed by atoms with van der Waals surface area (Å²) in [6.07, 6.45) is 0. The van der Waals surface area contributed by atoms with E-state index in [1.54, 1.807) is 0 Å². The number of rotatable bonds is 2. The van der Waals surface area contributed by atoms with Crippen molar-refractivity contribution in [3.63, 3.8) is 0 Å². The number of benzene rings is 1. The van der Waals surface area contributed by atoms with Crippen molar-refractivity contribution in [2.75, 3.05) is 13.1 Å². The predicted octanol–water partition coefficient (Wildman–Crippen LogP) is 1.76. The molecule has 0 saturated carbocycles. The van der Waals surface area contributed by atoms with Crippen molar-refractivity contribution in [2.45, 2.75) is 6.04 Å². The molecule has 1 aromatic carbocycles. The van der Waals surface area contributed by atoms with Crippen LogP contribution in [0, 0.1) is 3.57 Å². The predicted molar refractivity (Wildman–Crippen MR) is 71.0 cm³/mol. The Morgan fingerprint density at radius 3 is 2.87 bits per heavy atom. The summed E-state index contributed by atoms with van der Waals surface area (Å²) in [5, 5.41) is 6.09. The number of amides is 1. The highest BCUT2D eigenvalue weighted by Gasteiger charge is 2.20. The van der Waals surface area contributed by atoms with E-state index < -0.39 is 0 Å². The summed E-state index contributed by atoms with van der Waals surface area (Å²) < 4.78 is 1.90. The van der Waals surface area contributed by atoms with Crippen LogP contribution in [-0.4, -0.2) is 25.0 Å². The third-order valence-electron chi connectivity index (χ3n) is 2.29. The standard InChI is InChI=1S/C10H10BrIN2O/c11-6-1-2-9(12)8(3-6)10(15)14-7-4-13-5-7/h1-3,7,13H,4-5H2,(H,14,15). The molecule has 15 heavy (non-hydrogen) atoms. The van der Waals surface area contributed by atoms with Crippen LogP contribution in [0.25, 0.3) is 0 Å². The van der Waals surface area contributed by atoms with Crippen LogP contribution >= 0.6 is 38.5 Å². The van der Waals surface area contributed by atoms with Crippen molar-refractivity contribution in [3.05, 3.63) is 31.8 Å². The van der Waals surface area contributed by atoms with Gasteiger partial charge in [-0.1, -0.05) is 15.9 Å². The Kier molecular flexibility index (Phi) is 3.63. The van der Waals surface area contributed by atoms with Crippen molar-refractivity contribution in [1.29, 1.82) is 0 Å². The average Bonchev–Trinajstić information content (AvgIpc) is 2.15. The summed E-state index contributed by atoms with van der Waals surface area (Å²) in [6.45, 7) is 1.74. The molecule has 0 aromatic heterocycles. The Hall–Kier alpha value is -0.140. The summed E-state index contributed by atoms with van der Waals surface area (Å²) in [4.78, 5) is 11.9. The highest BCUT2D eigenvalue weighted by atomic mass is 127. The molecule has 0 bridgehead atoms. The van der Waals surface area contributed by atoms with Crippen LogP contribution in [-0.2, 0) is 0 Å². The van der Waals surface area contributed by atoms with Gasteiger partial charge in [-0.05, 0) is 40.8 Å². The highest BCUT2D eigenvalue weighted by molar-refractivity contribution is 14.1. The first-order valence-corrected chi connectivity index (χ1v) is 6.50. The van der Waals surface area contributed by atoms with E-state index in [2.05, 4.69) is 49.2 Å². The second-order valence-corrected chi connectivity index (χ2v) is 5.53. The van der Waals surface area contributed by atoms with Crippen LogP contribution < -0.4 is 10.6 Å². The zero-order valence-electron chi connectivity index (χ0n) is 7.89. The molecule has 1 aliphatic rings. The third kappa shape index (κ3) is 2.70. The fourth-order valence-corrected chi connectivity index (χ4v) is 2.27. The number of carbonyl (C=O) groups is 1. The van der Waals surface area contributed by atoms with Gasteiger partial charge in [0.1, 0.15) is 0 Å². The van der Waals surface area contributed by atoms with Crippen LogP contribution in [0.3, 0.4) is 0 Å². The Balaban J connectivity index is 2.12. The SMILES string of the molecule is O=C(NC1CNC1)c1cc(Br)ccc1I. The van der Waals surface area contributed by atoms with E-state index in [0.29, 0.717) is 0 Å². The minimum atomic E-state index is 0.00667. The summed E-state index contributed by atoms with van der Waals surface area (Å²) in [7, 11) is 0. The van der Waals surface area contributed by atoms with Crippen LogP contribution in [0.15, 0.2) is 22.7 Å². The molecule has 0 aliphatic carbocycles. The van der Waals surface area contributed by atoms with E-state index in [4.69, 9.17) is 0 Å². The Bertz CT molecular complexity index is 393. The molecule has 0 radical (unpaired) electrons. The van der Waals surface area contributed by atoms with Gasteiger partial charge in [0.15, 0.2) is 0 Å². The molecule has 3 nitrogen and oxygen atoms in total. The Morgan fingerprint density at radius 2 is 2.27 bits per heavy atom. The number of hydrogen-bond acceptors (Lipinski definition) is 2. The molecule has 1 aliphatic heterocycles. The average molecular weight is 381 g/mol. The van der Waals surface area contributed by atoms with Crippen molar-refractivity contribution in [2.24, 2.45) is 0 Å². The number of hydrogen-bond donors (Lipinski definition) is 2. The maximum atomic E-state index is 11.9. The molecule has 1 fully saturated rings. The largest absolute Gasteiger partial charge is 0.347 e. The minimum absolute atomic E-state index is 0.00667. The van der Waals surface area contributed by atoms with E-state index in [1.807, 2.05) is 18.2 Å². The Labute approximate surface area is 110 Å². The normalized spacial score (nSPS) is 15.9. The quantitative estimate of drug-likeness (QED) is 0.767. The molecule has 80 valence electrons. The van der Waals surface area contributed by atoms with Gasteiger partial charge in [0.25, 0.3) is 5.91 Å². The van der Waals surface area contributed by atoms with Gasteiger partial charge in [0.05, 0.1) is 11.6 Å². The van der Waals surface area contributed by atoms with Gasteiger partial charge in [-0.15, -0.1) is 0 Å². The Morgan fingerprint density at radius 1 is 1.53 bits per heavy atom. The molecule has 2 rings (SSSR count). The highest BCUT2D eigenvalue weighted by Crippen LogP contribution is 2.18. The molecule has 0 atom stereocenters. The van der Waals surface area contributed by atoms with E-state index >= 15 is 0 Å². The summed E-state index contributed by atoms with van der Waals surface area (Å²) >= 11 is 5.54. The lowest BCUT2D eigenvalue weighted by atomic mass is 10.1.